The average molecular weight is 381 g/mol. The number of rotatable bonds is 10. The van der Waals surface area contributed by atoms with E-state index in [-0.39, 0.29) is 23.6 Å². The molecule has 0 heterocycles. The number of halogens is 2. The van der Waals surface area contributed by atoms with Gasteiger partial charge in [0.25, 0.3) is 0 Å². The summed E-state index contributed by atoms with van der Waals surface area (Å²) in [4.78, 5) is 0. The second-order valence-corrected chi connectivity index (χ2v) is 6.99. The third-order valence-electron chi connectivity index (χ3n) is 4.34. The van der Waals surface area contributed by atoms with Crippen LogP contribution in [-0.4, -0.2) is 30.8 Å². The Hall–Kier alpha value is -1.78. The van der Waals surface area contributed by atoms with E-state index in [9.17, 15) is 4.39 Å². The number of benzene rings is 2. The van der Waals surface area contributed by atoms with Crippen molar-refractivity contribution in [1.82, 2.24) is 0 Å². The summed E-state index contributed by atoms with van der Waals surface area (Å²) in [6, 6.07) is 12.9. The lowest BCUT2D eigenvalue weighted by atomic mass is 9.78. The van der Waals surface area contributed by atoms with Gasteiger partial charge in [0, 0.05) is 24.3 Å². The predicted octanol–water partition coefficient (Wildman–Crippen LogP) is 4.92. The summed E-state index contributed by atoms with van der Waals surface area (Å²) in [5.41, 5.74) is 1.56. The molecule has 2 aromatic carbocycles. The van der Waals surface area contributed by atoms with E-state index in [4.69, 9.17) is 26.2 Å². The highest BCUT2D eigenvalue weighted by Crippen LogP contribution is 2.34. The van der Waals surface area contributed by atoms with E-state index in [1.54, 1.807) is 6.07 Å². The molecule has 0 atom stereocenters. The van der Waals surface area contributed by atoms with Crippen molar-refractivity contribution in [3.63, 3.8) is 0 Å². The Bertz CT molecular complexity index is 686. The molecule has 0 bridgehead atoms. The summed E-state index contributed by atoms with van der Waals surface area (Å²) >= 11 is 5.61. The first-order valence-corrected chi connectivity index (χ1v) is 9.35. The fourth-order valence-corrected chi connectivity index (χ4v) is 2.74. The van der Waals surface area contributed by atoms with Gasteiger partial charge in [-0.05, 0) is 41.8 Å². The van der Waals surface area contributed by atoms with Gasteiger partial charge in [-0.2, -0.15) is 0 Å². The van der Waals surface area contributed by atoms with Crippen LogP contribution in [0.4, 0.5) is 4.39 Å². The molecule has 0 fully saturated rings. The normalized spacial score (nSPS) is 11.4. The number of aliphatic hydroxyl groups excluding tert-OH is 1. The first-order valence-electron chi connectivity index (χ1n) is 8.82. The number of hydrogen-bond acceptors (Lipinski definition) is 3. The van der Waals surface area contributed by atoms with Crippen LogP contribution in [0, 0.1) is 5.82 Å². The molecule has 0 spiro atoms. The van der Waals surface area contributed by atoms with E-state index in [1.165, 1.54) is 6.07 Å². The van der Waals surface area contributed by atoms with Crippen LogP contribution in [-0.2, 0) is 5.41 Å². The molecule has 26 heavy (non-hydrogen) atoms. The van der Waals surface area contributed by atoms with E-state index < -0.39 is 0 Å². The number of alkyl halides is 1. The van der Waals surface area contributed by atoms with Gasteiger partial charge in [0.15, 0.2) is 11.6 Å². The van der Waals surface area contributed by atoms with Crippen LogP contribution in [0.15, 0.2) is 42.5 Å². The molecule has 1 N–H and O–H groups in total. The van der Waals surface area contributed by atoms with Crippen LogP contribution in [0.2, 0.25) is 0 Å². The van der Waals surface area contributed by atoms with Crippen LogP contribution in [0.3, 0.4) is 0 Å². The first kappa shape index (κ1) is 20.5. The van der Waals surface area contributed by atoms with E-state index >= 15 is 0 Å². The molecule has 0 saturated carbocycles. The summed E-state index contributed by atoms with van der Waals surface area (Å²) in [5, 5.41) is 8.80. The van der Waals surface area contributed by atoms with Crippen molar-refractivity contribution in [3.8, 4) is 11.5 Å². The summed E-state index contributed by atoms with van der Waals surface area (Å²) in [5.74, 6) is 1.13. The van der Waals surface area contributed by atoms with Gasteiger partial charge in [0.2, 0.25) is 0 Å². The van der Waals surface area contributed by atoms with Crippen LogP contribution < -0.4 is 9.47 Å². The van der Waals surface area contributed by atoms with Crippen molar-refractivity contribution < 1.29 is 19.0 Å². The molecule has 2 rings (SSSR count). The molecule has 0 aliphatic carbocycles. The van der Waals surface area contributed by atoms with E-state index in [1.807, 2.05) is 30.3 Å². The Kier molecular flexibility index (Phi) is 7.73. The minimum absolute atomic E-state index is 0.113. The molecule has 2 aromatic rings. The maximum atomic E-state index is 14.4. The molecule has 0 radical (unpaired) electrons. The number of ether oxygens (including phenoxy) is 2. The van der Waals surface area contributed by atoms with Gasteiger partial charge >= 0.3 is 0 Å². The summed E-state index contributed by atoms with van der Waals surface area (Å²) in [6.45, 7) is 5.10. The van der Waals surface area contributed by atoms with Crippen molar-refractivity contribution in [2.45, 2.75) is 32.1 Å². The molecule has 0 amide bonds. The zero-order chi connectivity index (χ0) is 19.0. The fraction of sp³-hybridized carbons (Fsp3) is 0.429. The van der Waals surface area contributed by atoms with Crippen molar-refractivity contribution in [2.24, 2.45) is 0 Å². The highest BCUT2D eigenvalue weighted by atomic mass is 35.5. The average Bonchev–Trinajstić information content (AvgIpc) is 2.64. The van der Waals surface area contributed by atoms with E-state index in [0.29, 0.717) is 31.9 Å². The second kappa shape index (κ2) is 9.79. The SMILES string of the molecule is CC(C)(c1ccc(OCCCO)cc1)c1ccc(OCCCCl)c(F)c1. The van der Waals surface area contributed by atoms with Crippen molar-refractivity contribution >= 4 is 11.6 Å². The number of hydrogen-bond donors (Lipinski definition) is 1. The Balaban J connectivity index is 2.12. The maximum absolute atomic E-state index is 14.4. The van der Waals surface area contributed by atoms with Gasteiger partial charge in [0.1, 0.15) is 5.75 Å². The van der Waals surface area contributed by atoms with Crippen LogP contribution in [0.25, 0.3) is 0 Å². The predicted molar refractivity (Wildman–Crippen MR) is 103 cm³/mol. The first-order chi connectivity index (χ1) is 12.5. The fourth-order valence-electron chi connectivity index (χ4n) is 2.63. The molecule has 0 aliphatic heterocycles. The largest absolute Gasteiger partial charge is 0.494 e. The van der Waals surface area contributed by atoms with Gasteiger partial charge in [-0.1, -0.05) is 32.0 Å². The third-order valence-corrected chi connectivity index (χ3v) is 4.60. The van der Waals surface area contributed by atoms with Gasteiger partial charge in [-0.3, -0.25) is 0 Å². The molecule has 0 unspecified atom stereocenters. The zero-order valence-electron chi connectivity index (χ0n) is 15.3. The lowest BCUT2D eigenvalue weighted by molar-refractivity contribution is 0.233. The molecular weight excluding hydrogens is 355 g/mol. The van der Waals surface area contributed by atoms with Crippen LogP contribution in [0.1, 0.15) is 37.8 Å². The molecule has 3 nitrogen and oxygen atoms in total. The van der Waals surface area contributed by atoms with Gasteiger partial charge in [0.05, 0.1) is 13.2 Å². The highest BCUT2D eigenvalue weighted by Gasteiger charge is 2.24. The maximum Gasteiger partial charge on any atom is 0.165 e. The monoisotopic (exact) mass is 380 g/mol. The van der Waals surface area contributed by atoms with Crippen molar-refractivity contribution in [2.75, 3.05) is 25.7 Å². The minimum atomic E-state index is -0.367. The zero-order valence-corrected chi connectivity index (χ0v) is 16.1. The third kappa shape index (κ3) is 5.36. The molecule has 0 saturated heterocycles. The lowest BCUT2D eigenvalue weighted by Crippen LogP contribution is -2.19. The summed E-state index contributed by atoms with van der Waals surface area (Å²) in [7, 11) is 0. The summed E-state index contributed by atoms with van der Waals surface area (Å²) in [6.07, 6.45) is 1.28. The molecule has 0 aliphatic rings. The minimum Gasteiger partial charge on any atom is -0.494 e. The van der Waals surface area contributed by atoms with E-state index in [2.05, 4.69) is 13.8 Å². The van der Waals surface area contributed by atoms with Gasteiger partial charge < -0.3 is 14.6 Å². The quantitative estimate of drug-likeness (QED) is 0.469. The van der Waals surface area contributed by atoms with Crippen LogP contribution >= 0.6 is 11.6 Å². The topological polar surface area (TPSA) is 38.7 Å². The molecular formula is C21H26ClFO3. The Morgan fingerprint density at radius 2 is 1.62 bits per heavy atom. The van der Waals surface area contributed by atoms with Crippen LogP contribution in [0.5, 0.6) is 11.5 Å². The number of aliphatic hydroxyl groups is 1. The van der Waals surface area contributed by atoms with Crippen molar-refractivity contribution in [3.05, 3.63) is 59.4 Å². The highest BCUT2D eigenvalue weighted by molar-refractivity contribution is 6.17. The standard InChI is InChI=1S/C21H26ClFO3/c1-21(2,16-5-8-18(9-6-16)25-14-4-12-24)17-7-10-20(19(23)15-17)26-13-3-11-22/h5-10,15,24H,3-4,11-14H2,1-2H3. The lowest BCUT2D eigenvalue weighted by Gasteiger charge is -2.26. The smallest absolute Gasteiger partial charge is 0.165 e. The van der Waals surface area contributed by atoms with E-state index in [0.717, 1.165) is 16.9 Å². The van der Waals surface area contributed by atoms with Crippen molar-refractivity contribution in [1.29, 1.82) is 0 Å². The summed E-state index contributed by atoms with van der Waals surface area (Å²) < 4.78 is 25.3. The van der Waals surface area contributed by atoms with Gasteiger partial charge in [-0.25, -0.2) is 4.39 Å². The second-order valence-electron chi connectivity index (χ2n) is 6.61. The molecule has 0 aromatic heterocycles. The van der Waals surface area contributed by atoms with Gasteiger partial charge in [-0.15, -0.1) is 11.6 Å². The Labute approximate surface area is 159 Å². The molecule has 142 valence electrons. The Morgan fingerprint density at radius 1 is 0.962 bits per heavy atom. The Morgan fingerprint density at radius 3 is 2.23 bits per heavy atom. The molecule has 5 heteroatoms.